The SMILES string of the molecule is C=CC1(C(=O)O)CC1.CCOC(=O)/C=C\C(=O)O. The maximum Gasteiger partial charge on any atom is 0.330 e. The smallest absolute Gasteiger partial charge is 0.330 e. The molecule has 18 heavy (non-hydrogen) atoms. The summed E-state index contributed by atoms with van der Waals surface area (Å²) in [4.78, 5) is 30.4. The molecule has 6 heteroatoms. The lowest BCUT2D eigenvalue weighted by Crippen LogP contribution is -2.10. The van der Waals surface area contributed by atoms with Crippen molar-refractivity contribution in [3.05, 3.63) is 24.8 Å². The van der Waals surface area contributed by atoms with Crippen LogP contribution in [0.1, 0.15) is 19.8 Å². The van der Waals surface area contributed by atoms with Gasteiger partial charge in [-0.1, -0.05) is 6.08 Å². The van der Waals surface area contributed by atoms with E-state index in [1.54, 1.807) is 6.92 Å². The normalized spacial score (nSPS) is 15.2. The van der Waals surface area contributed by atoms with Crippen LogP contribution in [0.3, 0.4) is 0 Å². The first-order chi connectivity index (χ1) is 8.38. The summed E-state index contributed by atoms with van der Waals surface area (Å²) in [6, 6.07) is 0. The van der Waals surface area contributed by atoms with Gasteiger partial charge >= 0.3 is 17.9 Å². The van der Waals surface area contributed by atoms with E-state index in [9.17, 15) is 14.4 Å². The number of carbonyl (C=O) groups is 3. The minimum absolute atomic E-state index is 0.253. The molecule has 0 atom stereocenters. The van der Waals surface area contributed by atoms with Crippen LogP contribution in [0.5, 0.6) is 0 Å². The summed E-state index contributed by atoms with van der Waals surface area (Å²) in [5, 5.41) is 16.5. The van der Waals surface area contributed by atoms with Crippen LogP contribution in [0.4, 0.5) is 0 Å². The van der Waals surface area contributed by atoms with E-state index in [1.807, 2.05) is 0 Å². The second-order valence-electron chi connectivity index (χ2n) is 3.59. The van der Waals surface area contributed by atoms with Crippen molar-refractivity contribution in [2.24, 2.45) is 5.41 Å². The summed E-state index contributed by atoms with van der Waals surface area (Å²) in [5.41, 5.74) is -0.528. The minimum Gasteiger partial charge on any atom is -0.481 e. The highest BCUT2D eigenvalue weighted by molar-refractivity contribution is 5.90. The first-order valence-electron chi connectivity index (χ1n) is 5.32. The summed E-state index contributed by atoms with van der Waals surface area (Å²) < 4.78 is 4.40. The van der Waals surface area contributed by atoms with E-state index in [2.05, 4.69) is 11.3 Å². The summed E-state index contributed by atoms with van der Waals surface area (Å²) >= 11 is 0. The molecule has 0 unspecified atom stereocenters. The summed E-state index contributed by atoms with van der Waals surface area (Å²) in [6.07, 6.45) is 4.66. The van der Waals surface area contributed by atoms with E-state index >= 15 is 0 Å². The third-order valence-electron chi connectivity index (χ3n) is 2.25. The van der Waals surface area contributed by atoms with Gasteiger partial charge in [-0.15, -0.1) is 6.58 Å². The Morgan fingerprint density at radius 2 is 1.83 bits per heavy atom. The van der Waals surface area contributed by atoms with E-state index < -0.39 is 23.3 Å². The Balaban J connectivity index is 0.000000327. The summed E-state index contributed by atoms with van der Waals surface area (Å²) in [7, 11) is 0. The van der Waals surface area contributed by atoms with Gasteiger partial charge in [0, 0.05) is 12.2 Å². The molecule has 1 rings (SSSR count). The van der Waals surface area contributed by atoms with Gasteiger partial charge in [0.25, 0.3) is 0 Å². The molecule has 0 aromatic rings. The Bertz CT molecular complexity index is 365. The van der Waals surface area contributed by atoms with Crippen LogP contribution in [0.15, 0.2) is 24.8 Å². The molecule has 1 aliphatic rings. The molecule has 0 aromatic heterocycles. The molecule has 0 aliphatic heterocycles. The molecule has 0 radical (unpaired) electrons. The Labute approximate surface area is 105 Å². The lowest BCUT2D eigenvalue weighted by molar-refractivity contribution is -0.141. The van der Waals surface area contributed by atoms with Crippen molar-refractivity contribution in [1.29, 1.82) is 0 Å². The predicted molar refractivity (Wildman–Crippen MR) is 62.9 cm³/mol. The van der Waals surface area contributed by atoms with Crippen molar-refractivity contribution < 1.29 is 29.3 Å². The Hall–Kier alpha value is -2.11. The first kappa shape index (κ1) is 15.9. The van der Waals surface area contributed by atoms with Crippen LogP contribution in [0, 0.1) is 5.41 Å². The molecule has 6 nitrogen and oxygen atoms in total. The van der Waals surface area contributed by atoms with Gasteiger partial charge in [0.15, 0.2) is 0 Å². The van der Waals surface area contributed by atoms with Crippen LogP contribution in [-0.4, -0.2) is 34.7 Å². The molecule has 1 saturated carbocycles. The molecular formula is C12H16O6. The molecule has 0 saturated heterocycles. The molecule has 0 aromatic carbocycles. The fourth-order valence-electron chi connectivity index (χ4n) is 0.970. The molecular weight excluding hydrogens is 240 g/mol. The van der Waals surface area contributed by atoms with Gasteiger partial charge in [0.05, 0.1) is 12.0 Å². The Morgan fingerprint density at radius 3 is 2.06 bits per heavy atom. The van der Waals surface area contributed by atoms with Crippen LogP contribution in [0.25, 0.3) is 0 Å². The predicted octanol–water partition coefficient (Wildman–Crippen LogP) is 1.23. The number of carbonyl (C=O) groups excluding carboxylic acids is 1. The minimum atomic E-state index is -1.16. The summed E-state index contributed by atoms with van der Waals surface area (Å²) in [5.74, 6) is -2.52. The number of hydrogen-bond donors (Lipinski definition) is 2. The van der Waals surface area contributed by atoms with Gasteiger partial charge in [0.2, 0.25) is 0 Å². The highest BCUT2D eigenvalue weighted by Gasteiger charge is 2.47. The quantitative estimate of drug-likeness (QED) is 0.436. The zero-order chi connectivity index (χ0) is 14.2. The van der Waals surface area contributed by atoms with Crippen molar-refractivity contribution in [2.45, 2.75) is 19.8 Å². The van der Waals surface area contributed by atoms with Crippen LogP contribution in [-0.2, 0) is 19.1 Å². The molecule has 100 valence electrons. The maximum absolute atomic E-state index is 10.4. The highest BCUT2D eigenvalue weighted by Crippen LogP contribution is 2.46. The third kappa shape index (κ3) is 5.83. The number of carboxylic acid groups (broad SMARTS) is 2. The standard InChI is InChI=1S/C6H8O4.C6H8O2/c1-2-10-6(9)4-3-5(7)8;1-2-6(3-4-6)5(7)8/h3-4H,2H2,1H3,(H,7,8);2H,1,3-4H2,(H,7,8)/b4-3-;. The van der Waals surface area contributed by atoms with Gasteiger partial charge in [-0.2, -0.15) is 0 Å². The molecule has 0 heterocycles. The van der Waals surface area contributed by atoms with Gasteiger partial charge < -0.3 is 14.9 Å². The first-order valence-corrected chi connectivity index (χ1v) is 5.32. The molecule has 0 bridgehead atoms. The largest absolute Gasteiger partial charge is 0.481 e. The van der Waals surface area contributed by atoms with E-state index in [0.717, 1.165) is 25.0 Å². The van der Waals surface area contributed by atoms with Crippen molar-refractivity contribution >= 4 is 17.9 Å². The van der Waals surface area contributed by atoms with Crippen molar-refractivity contribution in [2.75, 3.05) is 6.61 Å². The number of carboxylic acids is 2. The van der Waals surface area contributed by atoms with E-state index in [0.29, 0.717) is 0 Å². The van der Waals surface area contributed by atoms with E-state index in [1.165, 1.54) is 6.08 Å². The average molecular weight is 256 g/mol. The number of aliphatic carboxylic acids is 2. The van der Waals surface area contributed by atoms with Gasteiger partial charge in [-0.3, -0.25) is 4.79 Å². The number of ether oxygens (including phenoxy) is 1. The lowest BCUT2D eigenvalue weighted by Gasteiger charge is -1.97. The van der Waals surface area contributed by atoms with Crippen LogP contribution in [0.2, 0.25) is 0 Å². The van der Waals surface area contributed by atoms with E-state index in [-0.39, 0.29) is 6.61 Å². The molecule has 1 aliphatic carbocycles. The van der Waals surface area contributed by atoms with Crippen molar-refractivity contribution in [1.82, 2.24) is 0 Å². The number of rotatable bonds is 5. The maximum atomic E-state index is 10.4. The average Bonchev–Trinajstić information content (AvgIpc) is 3.08. The number of esters is 1. The molecule has 0 amide bonds. The monoisotopic (exact) mass is 256 g/mol. The highest BCUT2D eigenvalue weighted by atomic mass is 16.5. The molecule has 0 spiro atoms. The second-order valence-corrected chi connectivity index (χ2v) is 3.59. The second kappa shape index (κ2) is 7.26. The van der Waals surface area contributed by atoms with Gasteiger partial charge in [0.1, 0.15) is 0 Å². The third-order valence-corrected chi connectivity index (χ3v) is 2.25. The summed E-state index contributed by atoms with van der Waals surface area (Å²) in [6.45, 7) is 5.33. The van der Waals surface area contributed by atoms with Crippen molar-refractivity contribution in [3.8, 4) is 0 Å². The van der Waals surface area contributed by atoms with Crippen molar-refractivity contribution in [3.63, 3.8) is 0 Å². The van der Waals surface area contributed by atoms with Gasteiger partial charge in [-0.25, -0.2) is 9.59 Å². The topological polar surface area (TPSA) is 101 Å². The Kier molecular flexibility index (Phi) is 6.41. The fourth-order valence-corrected chi connectivity index (χ4v) is 0.970. The number of hydrogen-bond acceptors (Lipinski definition) is 4. The zero-order valence-electron chi connectivity index (χ0n) is 10.1. The van der Waals surface area contributed by atoms with Crippen LogP contribution < -0.4 is 0 Å². The zero-order valence-corrected chi connectivity index (χ0v) is 10.1. The van der Waals surface area contributed by atoms with Crippen LogP contribution >= 0.6 is 0 Å². The fraction of sp³-hybridized carbons (Fsp3) is 0.417. The molecule has 1 fully saturated rings. The lowest BCUT2D eigenvalue weighted by atomic mass is 10.1. The van der Waals surface area contributed by atoms with Gasteiger partial charge in [-0.05, 0) is 19.8 Å². The Morgan fingerprint density at radius 1 is 1.28 bits per heavy atom. The van der Waals surface area contributed by atoms with E-state index in [4.69, 9.17) is 10.2 Å². The molecule has 2 N–H and O–H groups in total.